The average molecular weight is 323 g/mol. The Morgan fingerprint density at radius 3 is 1.87 bits per heavy atom. The fourth-order valence-electron chi connectivity index (χ4n) is 2.80. The maximum Gasteiger partial charge on any atom is 0.0721 e. The highest BCUT2D eigenvalue weighted by molar-refractivity contribution is 4.95. The largest absolute Gasteiger partial charge is 0.389 e. The summed E-state index contributed by atoms with van der Waals surface area (Å²) in [6, 6.07) is 0. The molecule has 0 radical (unpaired) electrons. The minimum Gasteiger partial charge on any atom is -0.389 e. The van der Waals surface area contributed by atoms with Crippen LogP contribution in [0, 0.1) is 0 Å². The van der Waals surface area contributed by atoms with Crippen LogP contribution in [0.2, 0.25) is 0 Å². The van der Waals surface area contributed by atoms with Gasteiger partial charge in [-0.25, -0.2) is 0 Å². The third-order valence-electron chi connectivity index (χ3n) is 4.37. The van der Waals surface area contributed by atoms with Crippen molar-refractivity contribution in [2.24, 2.45) is 0 Å². The lowest BCUT2D eigenvalue weighted by molar-refractivity contribution is 0.207. The van der Waals surface area contributed by atoms with E-state index in [0.717, 1.165) is 19.3 Å². The highest BCUT2D eigenvalue weighted by atomic mass is 16.3. The van der Waals surface area contributed by atoms with E-state index in [1.807, 2.05) is 6.08 Å². The Morgan fingerprint density at radius 2 is 1.22 bits per heavy atom. The normalized spacial score (nSPS) is 13.3. The first-order chi connectivity index (χ1) is 11.3. The molecule has 0 aromatic carbocycles. The van der Waals surface area contributed by atoms with E-state index in [4.69, 9.17) is 0 Å². The quantitative estimate of drug-likeness (QED) is 0.219. The van der Waals surface area contributed by atoms with Gasteiger partial charge in [-0.2, -0.15) is 0 Å². The summed E-state index contributed by atoms with van der Waals surface area (Å²) in [6.07, 6.45) is 27.4. The summed E-state index contributed by atoms with van der Waals surface area (Å²) in [5.74, 6) is 0. The lowest BCUT2D eigenvalue weighted by Crippen LogP contribution is -2.01. The zero-order chi connectivity index (χ0) is 17.0. The highest BCUT2D eigenvalue weighted by Gasteiger charge is 1.98. The minimum atomic E-state index is -0.243. The maximum absolute atomic E-state index is 9.91. The van der Waals surface area contributed by atoms with E-state index in [1.54, 1.807) is 0 Å². The van der Waals surface area contributed by atoms with Crippen LogP contribution >= 0.6 is 0 Å². The topological polar surface area (TPSA) is 20.2 Å². The number of rotatable bonds is 17. The molecule has 0 amide bonds. The lowest BCUT2D eigenvalue weighted by atomic mass is 10.0. The van der Waals surface area contributed by atoms with Crippen molar-refractivity contribution in [1.29, 1.82) is 0 Å². The Labute approximate surface area is 146 Å². The fourth-order valence-corrected chi connectivity index (χ4v) is 2.80. The number of hydrogen-bond donors (Lipinski definition) is 1. The summed E-state index contributed by atoms with van der Waals surface area (Å²) >= 11 is 0. The monoisotopic (exact) mass is 322 g/mol. The van der Waals surface area contributed by atoms with Crippen molar-refractivity contribution in [2.75, 3.05) is 0 Å². The number of allylic oxidation sites excluding steroid dienone is 3. The first kappa shape index (κ1) is 22.4. The summed E-state index contributed by atoms with van der Waals surface area (Å²) in [7, 11) is 0. The van der Waals surface area contributed by atoms with E-state index >= 15 is 0 Å². The van der Waals surface area contributed by atoms with Gasteiger partial charge in [0.25, 0.3) is 0 Å². The van der Waals surface area contributed by atoms with Crippen LogP contribution in [-0.4, -0.2) is 11.2 Å². The molecule has 23 heavy (non-hydrogen) atoms. The standard InChI is InChI=1S/C22H42O/c1-3-5-7-9-11-13-15-17-19-21-22(23)20-18-16-14-12-10-8-6-4-2/h12,14,18,20,22-23H,3-11,13,15-17,19,21H2,1-2H3. The third-order valence-corrected chi connectivity index (χ3v) is 4.37. The SMILES string of the molecule is CCCCCC=CCC=CC(O)CCCCCCCCCCC. The van der Waals surface area contributed by atoms with Crippen LogP contribution in [0.15, 0.2) is 24.3 Å². The molecule has 0 saturated carbocycles. The van der Waals surface area contributed by atoms with E-state index in [2.05, 4.69) is 32.1 Å². The molecule has 1 nitrogen and oxygen atoms in total. The smallest absolute Gasteiger partial charge is 0.0721 e. The van der Waals surface area contributed by atoms with Crippen LogP contribution in [0.3, 0.4) is 0 Å². The zero-order valence-electron chi connectivity index (χ0n) is 15.9. The first-order valence-corrected chi connectivity index (χ1v) is 10.3. The molecule has 0 aliphatic carbocycles. The molecule has 0 spiro atoms. The lowest BCUT2D eigenvalue weighted by Gasteiger charge is -2.05. The third kappa shape index (κ3) is 19.4. The van der Waals surface area contributed by atoms with Gasteiger partial charge >= 0.3 is 0 Å². The molecule has 0 rings (SSSR count). The van der Waals surface area contributed by atoms with Crippen molar-refractivity contribution in [3.8, 4) is 0 Å². The van der Waals surface area contributed by atoms with Gasteiger partial charge in [0.1, 0.15) is 0 Å². The molecule has 1 atom stereocenters. The van der Waals surface area contributed by atoms with E-state index in [1.165, 1.54) is 77.0 Å². The summed E-state index contributed by atoms with van der Waals surface area (Å²) in [5, 5.41) is 9.91. The van der Waals surface area contributed by atoms with Gasteiger partial charge < -0.3 is 5.11 Å². The van der Waals surface area contributed by atoms with E-state index in [0.29, 0.717) is 0 Å². The summed E-state index contributed by atoms with van der Waals surface area (Å²) in [5.41, 5.74) is 0. The summed E-state index contributed by atoms with van der Waals surface area (Å²) in [4.78, 5) is 0. The van der Waals surface area contributed by atoms with Crippen LogP contribution in [0.1, 0.15) is 110 Å². The maximum atomic E-state index is 9.91. The molecule has 1 N–H and O–H groups in total. The van der Waals surface area contributed by atoms with Gasteiger partial charge in [-0.3, -0.25) is 0 Å². The van der Waals surface area contributed by atoms with Crippen molar-refractivity contribution >= 4 is 0 Å². The van der Waals surface area contributed by atoms with Gasteiger partial charge in [-0.15, -0.1) is 0 Å². The fraction of sp³-hybridized carbons (Fsp3) is 0.818. The van der Waals surface area contributed by atoms with Crippen molar-refractivity contribution in [2.45, 2.75) is 116 Å². The molecule has 0 fully saturated rings. The van der Waals surface area contributed by atoms with Crippen LogP contribution in [-0.2, 0) is 0 Å². The molecule has 1 unspecified atom stereocenters. The van der Waals surface area contributed by atoms with Gasteiger partial charge in [0.05, 0.1) is 6.10 Å². The minimum absolute atomic E-state index is 0.243. The molecule has 0 aliphatic rings. The second-order valence-electron chi connectivity index (χ2n) is 6.82. The van der Waals surface area contributed by atoms with Gasteiger partial charge in [-0.05, 0) is 25.7 Å². The van der Waals surface area contributed by atoms with E-state index < -0.39 is 0 Å². The predicted molar refractivity (Wildman–Crippen MR) is 105 cm³/mol. The van der Waals surface area contributed by atoms with Crippen LogP contribution in [0.25, 0.3) is 0 Å². The highest BCUT2D eigenvalue weighted by Crippen LogP contribution is 2.11. The molecule has 0 bridgehead atoms. The predicted octanol–water partition coefficient (Wildman–Crippen LogP) is 7.35. The zero-order valence-corrected chi connectivity index (χ0v) is 15.9. The van der Waals surface area contributed by atoms with Gasteiger partial charge in [-0.1, -0.05) is 109 Å². The van der Waals surface area contributed by atoms with Crippen molar-refractivity contribution in [1.82, 2.24) is 0 Å². The Bertz CT molecular complexity index is 267. The van der Waals surface area contributed by atoms with Crippen LogP contribution in [0.5, 0.6) is 0 Å². The molecule has 0 aromatic rings. The molecule has 0 aromatic heterocycles. The number of hydrogen-bond acceptors (Lipinski definition) is 1. The van der Waals surface area contributed by atoms with Gasteiger partial charge in [0.2, 0.25) is 0 Å². The Morgan fingerprint density at radius 1 is 0.652 bits per heavy atom. The number of aliphatic hydroxyl groups excluding tert-OH is 1. The second-order valence-corrected chi connectivity index (χ2v) is 6.82. The molecular weight excluding hydrogens is 280 g/mol. The van der Waals surface area contributed by atoms with Gasteiger partial charge in [0.15, 0.2) is 0 Å². The molecule has 0 heterocycles. The molecule has 1 heteroatoms. The number of aliphatic hydroxyl groups is 1. The van der Waals surface area contributed by atoms with E-state index in [9.17, 15) is 5.11 Å². The molecular formula is C22H42O. The Balaban J connectivity index is 3.32. The van der Waals surface area contributed by atoms with E-state index in [-0.39, 0.29) is 6.10 Å². The van der Waals surface area contributed by atoms with Crippen molar-refractivity contribution in [3.05, 3.63) is 24.3 Å². The molecule has 136 valence electrons. The Kier molecular flexibility index (Phi) is 19.0. The molecule has 0 saturated heterocycles. The summed E-state index contributed by atoms with van der Waals surface area (Å²) < 4.78 is 0. The summed E-state index contributed by atoms with van der Waals surface area (Å²) in [6.45, 7) is 4.51. The van der Waals surface area contributed by atoms with Crippen LogP contribution in [0.4, 0.5) is 0 Å². The van der Waals surface area contributed by atoms with Crippen molar-refractivity contribution in [3.63, 3.8) is 0 Å². The van der Waals surface area contributed by atoms with Crippen molar-refractivity contribution < 1.29 is 5.11 Å². The van der Waals surface area contributed by atoms with Gasteiger partial charge in [0, 0.05) is 0 Å². The second kappa shape index (κ2) is 19.5. The Hall–Kier alpha value is -0.560. The first-order valence-electron chi connectivity index (χ1n) is 10.3. The average Bonchev–Trinajstić information content (AvgIpc) is 2.56. The molecule has 0 aliphatic heterocycles. The number of unbranched alkanes of at least 4 members (excludes halogenated alkanes) is 11. The van der Waals surface area contributed by atoms with Crippen LogP contribution < -0.4 is 0 Å².